The molecule has 8 heteroatoms. The lowest BCUT2D eigenvalue weighted by Gasteiger charge is -2.20. The van der Waals surface area contributed by atoms with Crippen LogP contribution >= 0.6 is 0 Å². The number of aromatic amines is 1. The number of halogens is 1. The molecule has 4 heterocycles. The van der Waals surface area contributed by atoms with Gasteiger partial charge in [-0.3, -0.25) is 9.20 Å². The highest BCUT2D eigenvalue weighted by atomic mass is 19.1. The van der Waals surface area contributed by atoms with E-state index < -0.39 is 5.82 Å². The average Bonchev–Trinajstić information content (AvgIpc) is 3.24. The molecule has 0 aliphatic rings. The maximum absolute atomic E-state index is 13.9. The Bertz CT molecular complexity index is 1570. The zero-order valence-corrected chi connectivity index (χ0v) is 17.0. The minimum absolute atomic E-state index is 0.316. The molecule has 32 heavy (non-hydrogen) atoms. The van der Waals surface area contributed by atoms with Gasteiger partial charge in [0.2, 0.25) is 0 Å². The van der Waals surface area contributed by atoms with Crippen LogP contribution in [0.1, 0.15) is 24.1 Å². The van der Waals surface area contributed by atoms with Crippen LogP contribution in [0.25, 0.3) is 27.7 Å². The van der Waals surface area contributed by atoms with Gasteiger partial charge in [0.05, 0.1) is 22.6 Å². The van der Waals surface area contributed by atoms with E-state index in [2.05, 4.69) is 26.3 Å². The predicted octanol–water partition coefficient (Wildman–Crippen LogP) is 4.42. The summed E-state index contributed by atoms with van der Waals surface area (Å²) in [6.45, 7) is 1.91. The molecule has 1 aromatic carbocycles. The van der Waals surface area contributed by atoms with Gasteiger partial charge in [-0.05, 0) is 36.2 Å². The maximum atomic E-state index is 13.9. The third-order valence-electron chi connectivity index (χ3n) is 5.44. The van der Waals surface area contributed by atoms with E-state index in [1.807, 2.05) is 43.3 Å². The van der Waals surface area contributed by atoms with Crippen molar-refractivity contribution in [2.24, 2.45) is 0 Å². The zero-order chi connectivity index (χ0) is 22.2. The summed E-state index contributed by atoms with van der Waals surface area (Å²) in [7, 11) is 0. The lowest BCUT2D eigenvalue weighted by atomic mass is 9.96. The Kier molecular flexibility index (Phi) is 4.64. The van der Waals surface area contributed by atoms with Gasteiger partial charge in [0.1, 0.15) is 29.7 Å². The minimum atomic E-state index is -0.489. The van der Waals surface area contributed by atoms with E-state index >= 15 is 0 Å². The summed E-state index contributed by atoms with van der Waals surface area (Å²) in [6.07, 6.45) is 4.19. The molecule has 0 spiro atoms. The first-order chi connectivity index (χ1) is 15.6. The molecule has 7 nitrogen and oxygen atoms in total. The van der Waals surface area contributed by atoms with Crippen molar-refractivity contribution >= 4 is 22.4 Å². The van der Waals surface area contributed by atoms with E-state index in [9.17, 15) is 14.4 Å². The van der Waals surface area contributed by atoms with Crippen molar-refractivity contribution in [3.63, 3.8) is 0 Å². The van der Waals surface area contributed by atoms with Gasteiger partial charge in [-0.1, -0.05) is 30.3 Å². The van der Waals surface area contributed by atoms with Crippen LogP contribution in [0.15, 0.2) is 72.0 Å². The van der Waals surface area contributed by atoms with Crippen LogP contribution in [-0.4, -0.2) is 19.4 Å². The molecule has 0 bridgehead atoms. The van der Waals surface area contributed by atoms with E-state index in [4.69, 9.17) is 0 Å². The van der Waals surface area contributed by atoms with E-state index in [-0.39, 0.29) is 11.6 Å². The van der Waals surface area contributed by atoms with Gasteiger partial charge in [0.15, 0.2) is 0 Å². The number of H-pyrrole nitrogens is 1. The summed E-state index contributed by atoms with van der Waals surface area (Å²) < 4.78 is 15.2. The maximum Gasteiger partial charge on any atom is 0.263 e. The fourth-order valence-corrected chi connectivity index (χ4v) is 3.93. The van der Waals surface area contributed by atoms with Crippen molar-refractivity contribution < 1.29 is 4.39 Å². The van der Waals surface area contributed by atoms with Crippen LogP contribution in [0.2, 0.25) is 0 Å². The van der Waals surface area contributed by atoms with Gasteiger partial charge in [-0.15, -0.1) is 0 Å². The highest BCUT2D eigenvalue weighted by Gasteiger charge is 2.20. The van der Waals surface area contributed by atoms with Crippen molar-refractivity contribution in [1.29, 1.82) is 5.26 Å². The second-order valence-electron chi connectivity index (χ2n) is 7.41. The first kappa shape index (κ1) is 19.5. The molecule has 0 radical (unpaired) electrons. The largest absolute Gasteiger partial charge is 0.363 e. The molecule has 5 aromatic rings. The number of nitrogens with one attached hydrogen (secondary N) is 2. The van der Waals surface area contributed by atoms with Crippen LogP contribution in [0.5, 0.6) is 0 Å². The second kappa shape index (κ2) is 7.63. The van der Waals surface area contributed by atoms with E-state index in [1.54, 1.807) is 12.3 Å². The first-order valence-electron chi connectivity index (χ1n) is 9.96. The Morgan fingerprint density at radius 1 is 1.19 bits per heavy atom. The lowest BCUT2D eigenvalue weighted by molar-refractivity contribution is 0.618. The van der Waals surface area contributed by atoms with Crippen molar-refractivity contribution in [3.05, 3.63) is 94.5 Å². The number of nitriles is 1. The van der Waals surface area contributed by atoms with Crippen molar-refractivity contribution in [2.75, 3.05) is 5.32 Å². The van der Waals surface area contributed by atoms with Gasteiger partial charge in [0.25, 0.3) is 5.56 Å². The standard InChI is InChI=1S/C24H17FN6O/c1-14(30-23-21-16(10-26)11-27-22(21)28-13-29-23)19-9-18-8-7-17(25)12-31(18)24(32)20(19)15-5-3-2-4-6-15/h2-9,11-14H,1H3,(H2,27,28,29,30)/t14-/m0/s1. The average molecular weight is 424 g/mol. The number of fused-ring (bicyclic) bond motifs is 2. The Morgan fingerprint density at radius 2 is 2.00 bits per heavy atom. The predicted molar refractivity (Wildman–Crippen MR) is 120 cm³/mol. The molecule has 0 fully saturated rings. The van der Waals surface area contributed by atoms with Gasteiger partial charge in [-0.2, -0.15) is 5.26 Å². The molecule has 0 aliphatic heterocycles. The molecule has 156 valence electrons. The molecule has 0 saturated carbocycles. The SMILES string of the molecule is C[C@H](Nc1ncnc2[nH]cc(C#N)c12)c1cc2ccc(F)cn2c(=O)c1-c1ccccc1. The molecule has 1 atom stereocenters. The van der Waals surface area contributed by atoms with Gasteiger partial charge in [-0.25, -0.2) is 14.4 Å². The van der Waals surface area contributed by atoms with E-state index in [0.29, 0.717) is 33.5 Å². The smallest absolute Gasteiger partial charge is 0.263 e. The summed E-state index contributed by atoms with van der Waals surface area (Å²) in [5.74, 6) is -0.00368. The van der Waals surface area contributed by atoms with Crippen LogP contribution in [0.3, 0.4) is 0 Å². The minimum Gasteiger partial charge on any atom is -0.363 e. The van der Waals surface area contributed by atoms with Crippen molar-refractivity contribution in [1.82, 2.24) is 19.4 Å². The van der Waals surface area contributed by atoms with Crippen molar-refractivity contribution in [3.8, 4) is 17.2 Å². The molecule has 5 rings (SSSR count). The third-order valence-corrected chi connectivity index (χ3v) is 5.44. The fraction of sp³-hybridized carbons (Fsp3) is 0.0833. The summed E-state index contributed by atoms with van der Waals surface area (Å²) >= 11 is 0. The Morgan fingerprint density at radius 3 is 2.78 bits per heavy atom. The van der Waals surface area contributed by atoms with Crippen LogP contribution < -0.4 is 10.9 Å². The molecule has 0 unspecified atom stereocenters. The highest BCUT2D eigenvalue weighted by molar-refractivity contribution is 5.92. The molecule has 0 saturated heterocycles. The molecular formula is C24H17FN6O. The van der Waals surface area contributed by atoms with Crippen LogP contribution in [0.4, 0.5) is 10.2 Å². The number of hydrogen-bond acceptors (Lipinski definition) is 5. The molecule has 2 N–H and O–H groups in total. The molecule has 4 aromatic heterocycles. The molecule has 0 aliphatic carbocycles. The first-order valence-corrected chi connectivity index (χ1v) is 9.96. The van der Waals surface area contributed by atoms with E-state index in [1.165, 1.54) is 23.0 Å². The normalized spacial score (nSPS) is 12.0. The lowest BCUT2D eigenvalue weighted by Crippen LogP contribution is -2.21. The molecule has 0 amide bonds. The number of nitrogens with zero attached hydrogens (tertiary/aromatic N) is 4. The fourth-order valence-electron chi connectivity index (χ4n) is 3.93. The quantitative estimate of drug-likeness (QED) is 0.445. The number of benzene rings is 1. The van der Waals surface area contributed by atoms with Crippen molar-refractivity contribution in [2.45, 2.75) is 13.0 Å². The second-order valence-corrected chi connectivity index (χ2v) is 7.41. The van der Waals surface area contributed by atoms with Crippen LogP contribution in [0, 0.1) is 17.1 Å². The third kappa shape index (κ3) is 3.17. The highest BCUT2D eigenvalue weighted by Crippen LogP contribution is 2.31. The topological polar surface area (TPSA) is 98.9 Å². The van der Waals surface area contributed by atoms with E-state index in [0.717, 1.165) is 11.1 Å². The van der Waals surface area contributed by atoms with Gasteiger partial charge >= 0.3 is 0 Å². The zero-order valence-electron chi connectivity index (χ0n) is 17.0. The number of aromatic nitrogens is 4. The summed E-state index contributed by atoms with van der Waals surface area (Å²) in [5.41, 5.74) is 3.15. The Balaban J connectivity index is 1.70. The monoisotopic (exact) mass is 424 g/mol. The van der Waals surface area contributed by atoms with Gasteiger partial charge in [0, 0.05) is 17.9 Å². The van der Waals surface area contributed by atoms with Gasteiger partial charge < -0.3 is 10.3 Å². The molecular weight excluding hydrogens is 407 g/mol. The summed E-state index contributed by atoms with van der Waals surface area (Å²) in [4.78, 5) is 24.9. The number of pyridine rings is 2. The van der Waals surface area contributed by atoms with Crippen LogP contribution in [-0.2, 0) is 0 Å². The number of hydrogen-bond donors (Lipinski definition) is 2. The number of anilines is 1. The Hall–Kier alpha value is -4.51. The Labute approximate surface area is 181 Å². The summed E-state index contributed by atoms with van der Waals surface area (Å²) in [6, 6.07) is 15.8. The summed E-state index contributed by atoms with van der Waals surface area (Å²) in [5, 5.41) is 13.4. The number of rotatable bonds is 4.